The number of anilines is 1. The van der Waals surface area contributed by atoms with Crippen LogP contribution in [0, 0.1) is 6.92 Å². The Morgan fingerprint density at radius 1 is 1.53 bits per heavy atom. The summed E-state index contributed by atoms with van der Waals surface area (Å²) in [4.78, 5) is 18.4. The van der Waals surface area contributed by atoms with Crippen LogP contribution in [0.2, 0.25) is 0 Å². The van der Waals surface area contributed by atoms with Crippen molar-refractivity contribution >= 4 is 22.9 Å². The lowest BCUT2D eigenvalue weighted by Gasteiger charge is -2.04. The van der Waals surface area contributed by atoms with E-state index in [0.29, 0.717) is 30.2 Å². The van der Waals surface area contributed by atoms with Gasteiger partial charge in [-0.1, -0.05) is 5.16 Å². The van der Waals surface area contributed by atoms with Crippen molar-refractivity contribution in [3.05, 3.63) is 12.0 Å². The van der Waals surface area contributed by atoms with Gasteiger partial charge in [0.2, 0.25) is 0 Å². The summed E-state index contributed by atoms with van der Waals surface area (Å²) in [5.41, 5.74) is 1.14. The maximum Gasteiger partial charge on any atom is 0.303 e. The fourth-order valence-electron chi connectivity index (χ4n) is 1.50. The Balaban J connectivity index is 2.08. The summed E-state index contributed by atoms with van der Waals surface area (Å²) >= 11 is 0. The summed E-state index contributed by atoms with van der Waals surface area (Å²) in [5, 5.41) is 16.1. The fraction of sp³-hybridized carbons (Fsp3) is 0.400. The topological polar surface area (TPSA) is 101 Å². The number of carboxylic acid groups (broad SMARTS) is 1. The monoisotopic (exact) mass is 236 g/mol. The van der Waals surface area contributed by atoms with Gasteiger partial charge in [-0.3, -0.25) is 4.79 Å². The van der Waals surface area contributed by atoms with E-state index in [1.165, 1.54) is 6.33 Å². The Labute approximate surface area is 96.8 Å². The number of aromatic nitrogens is 3. The molecule has 0 aromatic carbocycles. The molecule has 0 saturated carbocycles. The summed E-state index contributed by atoms with van der Waals surface area (Å²) in [5.74, 6) is -0.181. The first-order chi connectivity index (χ1) is 8.18. The first-order valence-electron chi connectivity index (χ1n) is 5.21. The number of aryl methyl sites for hydroxylation is 1. The molecule has 0 saturated heterocycles. The Morgan fingerprint density at radius 2 is 2.35 bits per heavy atom. The van der Waals surface area contributed by atoms with E-state index >= 15 is 0 Å². The zero-order chi connectivity index (χ0) is 12.3. The lowest BCUT2D eigenvalue weighted by atomic mass is 10.3. The van der Waals surface area contributed by atoms with Crippen molar-refractivity contribution in [1.29, 1.82) is 0 Å². The minimum absolute atomic E-state index is 0.129. The third-order valence-electron chi connectivity index (χ3n) is 2.30. The average molecular weight is 236 g/mol. The van der Waals surface area contributed by atoms with E-state index in [9.17, 15) is 4.79 Å². The highest BCUT2D eigenvalue weighted by Crippen LogP contribution is 2.22. The van der Waals surface area contributed by atoms with Gasteiger partial charge in [0.25, 0.3) is 5.71 Å². The Kier molecular flexibility index (Phi) is 3.17. The molecule has 0 amide bonds. The summed E-state index contributed by atoms with van der Waals surface area (Å²) in [6, 6.07) is 0. The van der Waals surface area contributed by atoms with Crippen LogP contribution in [-0.2, 0) is 4.79 Å². The number of hydrogen-bond acceptors (Lipinski definition) is 6. The second-order valence-electron chi connectivity index (χ2n) is 3.59. The van der Waals surface area contributed by atoms with E-state index in [-0.39, 0.29) is 6.42 Å². The Bertz CT molecular complexity index is 537. The largest absolute Gasteiger partial charge is 0.481 e. The number of carbonyl (C=O) groups is 1. The van der Waals surface area contributed by atoms with Gasteiger partial charge in [-0.15, -0.1) is 0 Å². The number of aliphatic carboxylic acids is 1. The quantitative estimate of drug-likeness (QED) is 0.752. The molecule has 90 valence electrons. The van der Waals surface area contributed by atoms with Crippen LogP contribution < -0.4 is 5.32 Å². The van der Waals surface area contributed by atoms with Crippen molar-refractivity contribution in [2.45, 2.75) is 19.8 Å². The molecule has 7 heteroatoms. The minimum Gasteiger partial charge on any atom is -0.481 e. The molecule has 0 unspecified atom stereocenters. The van der Waals surface area contributed by atoms with Gasteiger partial charge in [0.15, 0.2) is 0 Å². The highest BCUT2D eigenvalue weighted by Gasteiger charge is 2.11. The highest BCUT2D eigenvalue weighted by molar-refractivity contribution is 5.87. The fourth-order valence-corrected chi connectivity index (χ4v) is 1.50. The maximum atomic E-state index is 10.4. The predicted molar refractivity (Wildman–Crippen MR) is 59.7 cm³/mol. The van der Waals surface area contributed by atoms with Gasteiger partial charge >= 0.3 is 5.97 Å². The lowest BCUT2D eigenvalue weighted by molar-refractivity contribution is -0.137. The molecule has 7 nitrogen and oxygen atoms in total. The molecule has 0 aliphatic heterocycles. The molecule has 2 aromatic rings. The van der Waals surface area contributed by atoms with E-state index in [1.54, 1.807) is 6.92 Å². The smallest absolute Gasteiger partial charge is 0.303 e. The lowest BCUT2D eigenvalue weighted by Crippen LogP contribution is -2.06. The van der Waals surface area contributed by atoms with Gasteiger partial charge in [-0.2, -0.15) is 4.98 Å². The number of rotatable bonds is 5. The van der Waals surface area contributed by atoms with Crippen LogP contribution in [0.5, 0.6) is 0 Å². The van der Waals surface area contributed by atoms with E-state index in [1.807, 2.05) is 0 Å². The summed E-state index contributed by atoms with van der Waals surface area (Å²) in [6.07, 6.45) is 2.04. The molecule has 0 fully saturated rings. The predicted octanol–water partition coefficient (Wildman–Crippen LogP) is 1.20. The molecule has 0 spiro atoms. The van der Waals surface area contributed by atoms with Gasteiger partial charge in [-0.25, -0.2) is 4.98 Å². The Hall–Kier alpha value is -2.18. The number of hydrogen-bond donors (Lipinski definition) is 2. The number of nitrogens with zero attached hydrogens (tertiary/aromatic N) is 3. The van der Waals surface area contributed by atoms with E-state index in [4.69, 9.17) is 9.63 Å². The van der Waals surface area contributed by atoms with Crippen molar-refractivity contribution in [3.8, 4) is 0 Å². The molecule has 0 aliphatic carbocycles. The molecule has 0 aliphatic rings. The first kappa shape index (κ1) is 11.3. The standard InChI is InChI=1S/C10H12N4O3/c1-6-8-9(11-4-2-3-7(15)16)12-5-13-10(8)17-14-6/h5H,2-4H2,1H3,(H,15,16)(H,11,12,13). The van der Waals surface area contributed by atoms with Gasteiger partial charge in [0, 0.05) is 13.0 Å². The van der Waals surface area contributed by atoms with Crippen molar-refractivity contribution in [1.82, 2.24) is 15.1 Å². The molecule has 2 rings (SSSR count). The second kappa shape index (κ2) is 4.77. The normalized spacial score (nSPS) is 10.6. The number of carboxylic acids is 1. The molecular formula is C10H12N4O3. The molecule has 0 atom stereocenters. The molecule has 0 radical (unpaired) electrons. The maximum absolute atomic E-state index is 10.4. The van der Waals surface area contributed by atoms with Crippen LogP contribution in [0.15, 0.2) is 10.9 Å². The molecular weight excluding hydrogens is 224 g/mol. The van der Waals surface area contributed by atoms with E-state index < -0.39 is 5.97 Å². The SMILES string of the molecule is Cc1noc2ncnc(NCCCC(=O)O)c12. The molecule has 2 heterocycles. The van der Waals surface area contributed by atoms with Gasteiger partial charge < -0.3 is 14.9 Å². The molecule has 0 bridgehead atoms. The van der Waals surface area contributed by atoms with Gasteiger partial charge in [0.1, 0.15) is 17.5 Å². The van der Waals surface area contributed by atoms with Crippen molar-refractivity contribution in [3.63, 3.8) is 0 Å². The molecule has 17 heavy (non-hydrogen) atoms. The van der Waals surface area contributed by atoms with Gasteiger partial charge in [0.05, 0.1) is 5.69 Å². The zero-order valence-corrected chi connectivity index (χ0v) is 9.30. The van der Waals surface area contributed by atoms with Gasteiger partial charge in [-0.05, 0) is 13.3 Å². The third-order valence-corrected chi connectivity index (χ3v) is 2.30. The minimum atomic E-state index is -0.805. The van der Waals surface area contributed by atoms with Crippen LogP contribution in [0.4, 0.5) is 5.82 Å². The number of fused-ring (bicyclic) bond motifs is 1. The van der Waals surface area contributed by atoms with Crippen LogP contribution in [0.25, 0.3) is 11.1 Å². The third kappa shape index (κ3) is 2.49. The van der Waals surface area contributed by atoms with Crippen LogP contribution in [0.1, 0.15) is 18.5 Å². The van der Waals surface area contributed by atoms with Crippen LogP contribution in [0.3, 0.4) is 0 Å². The first-order valence-corrected chi connectivity index (χ1v) is 5.21. The summed E-state index contributed by atoms with van der Waals surface area (Å²) in [7, 11) is 0. The second-order valence-corrected chi connectivity index (χ2v) is 3.59. The molecule has 2 N–H and O–H groups in total. The number of nitrogens with one attached hydrogen (secondary N) is 1. The summed E-state index contributed by atoms with van der Waals surface area (Å²) in [6.45, 7) is 2.33. The summed E-state index contributed by atoms with van der Waals surface area (Å²) < 4.78 is 5.00. The van der Waals surface area contributed by atoms with Crippen molar-refractivity contribution < 1.29 is 14.4 Å². The van der Waals surface area contributed by atoms with Crippen molar-refractivity contribution in [2.24, 2.45) is 0 Å². The van der Waals surface area contributed by atoms with Crippen LogP contribution >= 0.6 is 0 Å². The van der Waals surface area contributed by atoms with Crippen LogP contribution in [-0.4, -0.2) is 32.7 Å². The zero-order valence-electron chi connectivity index (χ0n) is 9.30. The van der Waals surface area contributed by atoms with E-state index in [0.717, 1.165) is 5.39 Å². The Morgan fingerprint density at radius 3 is 3.12 bits per heavy atom. The highest BCUT2D eigenvalue weighted by atomic mass is 16.5. The van der Waals surface area contributed by atoms with E-state index in [2.05, 4.69) is 20.4 Å². The van der Waals surface area contributed by atoms with Crippen molar-refractivity contribution in [2.75, 3.05) is 11.9 Å². The molecule has 2 aromatic heterocycles. The average Bonchev–Trinajstić information content (AvgIpc) is 2.67.